The van der Waals surface area contributed by atoms with Gasteiger partial charge in [0.25, 0.3) is 0 Å². The first-order valence-electron chi connectivity index (χ1n) is 6.36. The number of hydrogen-bond donors (Lipinski definition) is 2. The summed E-state index contributed by atoms with van der Waals surface area (Å²) in [5.41, 5.74) is 1.70. The average molecular weight is 333 g/mol. The third-order valence-corrected chi connectivity index (χ3v) is 4.30. The van der Waals surface area contributed by atoms with Crippen LogP contribution in [0.3, 0.4) is 0 Å². The first-order valence-corrected chi connectivity index (χ1v) is 8.70. The molecule has 112 valence electrons. The molecule has 6 nitrogen and oxygen atoms in total. The molecule has 0 radical (unpaired) electrons. The Bertz CT molecular complexity index is 824. The summed E-state index contributed by atoms with van der Waals surface area (Å²) in [4.78, 5) is 22.3. The van der Waals surface area contributed by atoms with Crippen LogP contribution in [0.1, 0.15) is 0 Å². The van der Waals surface area contributed by atoms with E-state index >= 15 is 0 Å². The molecule has 1 heterocycles. The highest BCUT2D eigenvalue weighted by molar-refractivity contribution is 7.50. The summed E-state index contributed by atoms with van der Waals surface area (Å²) in [6.45, 7) is 0. The number of nitrogens with zero attached hydrogens (tertiary/aromatic N) is 3. The smallest absolute Gasteiger partial charge is 0.307 e. The highest BCUT2D eigenvalue weighted by atomic mass is 32.1. The Hall–Kier alpha value is -2.05. The predicted octanol–water partition coefficient (Wildman–Crippen LogP) is 2.59. The van der Waals surface area contributed by atoms with Crippen LogP contribution in [0, 0.1) is 0 Å². The van der Waals surface area contributed by atoms with Crippen molar-refractivity contribution < 1.29 is 14.4 Å². The van der Waals surface area contributed by atoms with E-state index in [-0.39, 0.29) is 4.80 Å². The number of para-hydroxylation sites is 1. The van der Waals surface area contributed by atoms with Crippen LogP contribution in [0.2, 0.25) is 0 Å². The Morgan fingerprint density at radius 2 is 1.59 bits per heavy atom. The van der Waals surface area contributed by atoms with Gasteiger partial charge >= 0.3 is 7.75 Å². The molecule has 0 unspecified atom stereocenters. The van der Waals surface area contributed by atoms with E-state index in [1.54, 1.807) is 3.96 Å². The molecule has 3 aromatic rings. The van der Waals surface area contributed by atoms with Crippen molar-refractivity contribution in [3.63, 3.8) is 0 Å². The fourth-order valence-corrected chi connectivity index (χ4v) is 3.42. The van der Waals surface area contributed by atoms with Crippen LogP contribution in [0.5, 0.6) is 0 Å². The Kier molecular flexibility index (Phi) is 4.04. The number of rotatable bonds is 3. The number of hydrogen-bond acceptors (Lipinski definition) is 3. The number of benzene rings is 2. The van der Waals surface area contributed by atoms with Crippen LogP contribution in [0.15, 0.2) is 65.4 Å². The zero-order valence-corrected chi connectivity index (χ0v) is 13.0. The van der Waals surface area contributed by atoms with Crippen LogP contribution < -0.4 is 4.80 Å². The topological polar surface area (TPSA) is 87.7 Å². The molecule has 1 aromatic heterocycles. The normalized spacial score (nSPS) is 12.5. The molecule has 2 aromatic carbocycles. The number of aromatic nitrogens is 2. The van der Waals surface area contributed by atoms with E-state index in [1.165, 1.54) is 0 Å². The summed E-state index contributed by atoms with van der Waals surface area (Å²) in [7, 11) is -4.52. The summed E-state index contributed by atoms with van der Waals surface area (Å²) in [5, 5.41) is 0. The van der Waals surface area contributed by atoms with Crippen molar-refractivity contribution in [2.24, 2.45) is 4.76 Å². The van der Waals surface area contributed by atoms with Gasteiger partial charge in [0.05, 0.1) is 5.69 Å². The first kappa shape index (κ1) is 14.9. The summed E-state index contributed by atoms with van der Waals surface area (Å²) < 4.78 is 16.3. The molecule has 3 rings (SSSR count). The van der Waals surface area contributed by atoms with Crippen LogP contribution in [0.4, 0.5) is 0 Å². The van der Waals surface area contributed by atoms with Crippen molar-refractivity contribution in [1.29, 1.82) is 0 Å². The lowest BCUT2D eigenvalue weighted by Crippen LogP contribution is -1.97. The lowest BCUT2D eigenvalue weighted by Gasteiger charge is -2.05. The molecule has 22 heavy (non-hydrogen) atoms. The summed E-state index contributed by atoms with van der Waals surface area (Å²) in [6, 6.07) is 18.9. The van der Waals surface area contributed by atoms with Gasteiger partial charge in [-0.15, -0.1) is 4.76 Å². The molecule has 2 N–H and O–H groups in total. The van der Waals surface area contributed by atoms with Gasteiger partial charge in [-0.1, -0.05) is 48.5 Å². The summed E-state index contributed by atoms with van der Waals surface area (Å²) in [5.74, 6) is 0.587. The Morgan fingerprint density at radius 1 is 1.00 bits per heavy atom. The lowest BCUT2D eigenvalue weighted by atomic mass is 10.2. The molecule has 0 aliphatic carbocycles. The standard InChI is InChI=1S/C14H12N3O3PS/c18-21(19,20)16-14-15-13(11-7-3-1-4-8-11)17(22-14)12-9-5-2-6-10-12/h1-10H,(H2,18,19,20). The second kappa shape index (κ2) is 5.98. The molecule has 0 saturated carbocycles. The minimum absolute atomic E-state index is 0.0380. The van der Waals surface area contributed by atoms with E-state index in [4.69, 9.17) is 9.79 Å². The molecule has 0 aliphatic heterocycles. The Labute approximate surface area is 130 Å². The molecule has 0 atom stereocenters. The van der Waals surface area contributed by atoms with Gasteiger partial charge in [-0.05, 0) is 23.7 Å². The molecule has 0 spiro atoms. The largest absolute Gasteiger partial charge is 0.451 e. The Morgan fingerprint density at radius 3 is 2.18 bits per heavy atom. The van der Waals surface area contributed by atoms with Crippen LogP contribution in [0.25, 0.3) is 17.1 Å². The van der Waals surface area contributed by atoms with Crippen molar-refractivity contribution in [3.05, 3.63) is 65.5 Å². The molecule has 8 heteroatoms. The quantitative estimate of drug-likeness (QED) is 0.721. The zero-order valence-electron chi connectivity index (χ0n) is 11.3. The van der Waals surface area contributed by atoms with Gasteiger partial charge in [-0.25, -0.2) is 8.52 Å². The summed E-state index contributed by atoms with van der Waals surface area (Å²) in [6.07, 6.45) is 0. The maximum absolute atomic E-state index is 11.1. The molecule has 0 amide bonds. The van der Waals surface area contributed by atoms with E-state index in [9.17, 15) is 4.57 Å². The van der Waals surface area contributed by atoms with Crippen LogP contribution in [-0.2, 0) is 4.57 Å². The van der Waals surface area contributed by atoms with Crippen LogP contribution >= 0.6 is 19.3 Å². The predicted molar refractivity (Wildman–Crippen MR) is 84.5 cm³/mol. The highest BCUT2D eigenvalue weighted by Crippen LogP contribution is 2.35. The van der Waals surface area contributed by atoms with Gasteiger partial charge in [0.2, 0.25) is 4.80 Å². The molecule has 0 fully saturated rings. The average Bonchev–Trinajstić information content (AvgIpc) is 2.91. The maximum Gasteiger partial charge on any atom is 0.451 e. The SMILES string of the molecule is O=P(O)(O)N=c1nc(-c2ccccc2)n(-c2ccccc2)s1. The summed E-state index contributed by atoms with van der Waals surface area (Å²) >= 11 is 1.08. The molecule has 0 aliphatic rings. The fourth-order valence-electron chi connectivity index (χ4n) is 1.94. The Balaban J connectivity index is 2.24. The monoisotopic (exact) mass is 333 g/mol. The molecule has 0 bridgehead atoms. The van der Waals surface area contributed by atoms with Crippen molar-refractivity contribution in [2.75, 3.05) is 0 Å². The minimum atomic E-state index is -4.52. The van der Waals surface area contributed by atoms with Crippen molar-refractivity contribution in [1.82, 2.24) is 8.94 Å². The third-order valence-electron chi connectivity index (χ3n) is 2.81. The first-order chi connectivity index (χ1) is 10.5. The van der Waals surface area contributed by atoms with Gasteiger partial charge in [-0.2, -0.15) is 4.98 Å². The van der Waals surface area contributed by atoms with E-state index < -0.39 is 7.75 Å². The molecule has 0 saturated heterocycles. The van der Waals surface area contributed by atoms with Gasteiger partial charge in [-0.3, -0.25) is 0 Å². The van der Waals surface area contributed by atoms with Crippen molar-refractivity contribution >= 4 is 19.3 Å². The maximum atomic E-state index is 11.1. The third kappa shape index (κ3) is 3.40. The second-order valence-corrected chi connectivity index (χ2v) is 6.56. The lowest BCUT2D eigenvalue weighted by molar-refractivity contribution is 0.373. The van der Waals surface area contributed by atoms with Gasteiger partial charge in [0, 0.05) is 5.56 Å². The van der Waals surface area contributed by atoms with E-state index in [2.05, 4.69) is 9.75 Å². The zero-order chi connectivity index (χ0) is 15.6. The van der Waals surface area contributed by atoms with Gasteiger partial charge < -0.3 is 9.79 Å². The highest BCUT2D eigenvalue weighted by Gasteiger charge is 2.14. The van der Waals surface area contributed by atoms with Crippen LogP contribution in [-0.4, -0.2) is 18.7 Å². The van der Waals surface area contributed by atoms with Crippen molar-refractivity contribution in [2.45, 2.75) is 0 Å². The van der Waals surface area contributed by atoms with Gasteiger partial charge in [0.1, 0.15) is 0 Å². The fraction of sp³-hybridized carbons (Fsp3) is 0. The molecular formula is C14H12N3O3PS. The van der Waals surface area contributed by atoms with Crippen molar-refractivity contribution in [3.8, 4) is 17.1 Å². The van der Waals surface area contributed by atoms with Gasteiger partial charge in [0.15, 0.2) is 5.82 Å². The van der Waals surface area contributed by atoms with E-state index in [0.717, 1.165) is 22.8 Å². The van der Waals surface area contributed by atoms with E-state index in [1.807, 2.05) is 60.7 Å². The minimum Gasteiger partial charge on any atom is -0.307 e. The second-order valence-electron chi connectivity index (χ2n) is 4.42. The van der Waals surface area contributed by atoms with E-state index in [0.29, 0.717) is 5.82 Å². The molecular weight excluding hydrogens is 321 g/mol.